The fourth-order valence-corrected chi connectivity index (χ4v) is 2.90. The zero-order chi connectivity index (χ0) is 14.7. The third kappa shape index (κ3) is 3.29. The van der Waals surface area contributed by atoms with Crippen LogP contribution in [0.4, 0.5) is 4.39 Å². The van der Waals surface area contributed by atoms with Gasteiger partial charge >= 0.3 is 0 Å². The van der Waals surface area contributed by atoms with Gasteiger partial charge in [-0.15, -0.1) is 11.3 Å². The molecule has 2 heterocycles. The zero-order valence-electron chi connectivity index (χ0n) is 11.3. The summed E-state index contributed by atoms with van der Waals surface area (Å²) in [5, 5.41) is 0.599. The summed E-state index contributed by atoms with van der Waals surface area (Å²) >= 11 is 1.30. The Labute approximate surface area is 126 Å². The Hall–Kier alpha value is -2.19. The predicted octanol–water partition coefficient (Wildman–Crippen LogP) is 2.92. The maximum absolute atomic E-state index is 12.8. The van der Waals surface area contributed by atoms with E-state index < -0.39 is 0 Å². The van der Waals surface area contributed by atoms with Gasteiger partial charge in [-0.25, -0.2) is 9.37 Å². The molecule has 3 nitrogen and oxygen atoms in total. The first-order chi connectivity index (χ1) is 10.2. The first-order valence-electron chi connectivity index (χ1n) is 6.75. The largest absolute Gasteiger partial charge is 0.338 e. The predicted molar refractivity (Wildman–Crippen MR) is 79.6 cm³/mol. The summed E-state index contributed by atoms with van der Waals surface area (Å²) in [5.74, 6) is 5.58. The standard InChI is InChI=1S/C16H13FN2OS/c17-13-6-3-12(4-7-13)5-8-15-18-11-14(21-15)16(20)19-9-1-2-10-19/h3-4,6-7,11H,1-2,9-10H2. The topological polar surface area (TPSA) is 33.2 Å². The Morgan fingerprint density at radius 3 is 2.62 bits per heavy atom. The van der Waals surface area contributed by atoms with Crippen LogP contribution in [-0.2, 0) is 0 Å². The molecule has 0 bridgehead atoms. The van der Waals surface area contributed by atoms with E-state index in [4.69, 9.17) is 0 Å². The van der Waals surface area contributed by atoms with E-state index in [9.17, 15) is 9.18 Å². The van der Waals surface area contributed by atoms with Gasteiger partial charge in [0.2, 0.25) is 0 Å². The number of nitrogens with zero attached hydrogens (tertiary/aromatic N) is 2. The van der Waals surface area contributed by atoms with Crippen molar-refractivity contribution in [3.8, 4) is 11.8 Å². The van der Waals surface area contributed by atoms with E-state index >= 15 is 0 Å². The lowest BCUT2D eigenvalue weighted by atomic mass is 10.2. The molecule has 1 aliphatic rings. The van der Waals surface area contributed by atoms with Gasteiger partial charge in [0.1, 0.15) is 10.7 Å². The Morgan fingerprint density at radius 2 is 1.90 bits per heavy atom. The molecule has 3 rings (SSSR count). The third-order valence-corrected chi connectivity index (χ3v) is 4.17. The van der Waals surface area contributed by atoms with Crippen LogP contribution in [0.15, 0.2) is 30.5 Å². The number of aromatic nitrogens is 1. The normalized spacial score (nSPS) is 13.9. The zero-order valence-corrected chi connectivity index (χ0v) is 12.1. The fraction of sp³-hybridized carbons (Fsp3) is 0.250. The Balaban J connectivity index is 1.73. The van der Waals surface area contributed by atoms with Crippen molar-refractivity contribution >= 4 is 17.2 Å². The average molecular weight is 300 g/mol. The Bertz CT molecular complexity index is 706. The molecule has 0 radical (unpaired) electrons. The fourth-order valence-electron chi connectivity index (χ4n) is 2.17. The van der Waals surface area contributed by atoms with Crippen LogP contribution in [-0.4, -0.2) is 28.9 Å². The lowest BCUT2D eigenvalue weighted by molar-refractivity contribution is 0.0797. The number of carbonyl (C=O) groups excluding carboxylic acids is 1. The summed E-state index contributed by atoms with van der Waals surface area (Å²) in [6.45, 7) is 1.65. The van der Waals surface area contributed by atoms with E-state index in [1.54, 1.807) is 18.3 Å². The number of carbonyl (C=O) groups is 1. The summed E-state index contributed by atoms with van der Waals surface area (Å²) in [7, 11) is 0. The number of benzene rings is 1. The van der Waals surface area contributed by atoms with Gasteiger partial charge in [-0.3, -0.25) is 4.79 Å². The highest BCUT2D eigenvalue weighted by molar-refractivity contribution is 7.14. The number of amides is 1. The number of hydrogen-bond acceptors (Lipinski definition) is 3. The van der Waals surface area contributed by atoms with E-state index in [-0.39, 0.29) is 11.7 Å². The van der Waals surface area contributed by atoms with E-state index in [1.165, 1.54) is 23.5 Å². The van der Waals surface area contributed by atoms with Crippen LogP contribution in [0.5, 0.6) is 0 Å². The van der Waals surface area contributed by atoms with Crippen LogP contribution in [0, 0.1) is 17.7 Å². The first kappa shape index (κ1) is 13.8. The average Bonchev–Trinajstić information content (AvgIpc) is 3.18. The lowest BCUT2D eigenvalue weighted by Gasteiger charge is -2.12. The van der Waals surface area contributed by atoms with Crippen molar-refractivity contribution in [2.45, 2.75) is 12.8 Å². The quantitative estimate of drug-likeness (QED) is 0.759. The number of thiazole rings is 1. The first-order valence-corrected chi connectivity index (χ1v) is 7.57. The molecule has 106 valence electrons. The number of likely N-dealkylation sites (tertiary alicyclic amines) is 1. The van der Waals surface area contributed by atoms with Crippen LogP contribution >= 0.6 is 11.3 Å². The summed E-state index contributed by atoms with van der Waals surface area (Å²) in [6.07, 6.45) is 3.73. The molecule has 1 aromatic carbocycles. The molecule has 1 aliphatic heterocycles. The maximum Gasteiger partial charge on any atom is 0.265 e. The van der Waals surface area contributed by atoms with Crippen molar-refractivity contribution < 1.29 is 9.18 Å². The highest BCUT2D eigenvalue weighted by Gasteiger charge is 2.21. The van der Waals surface area contributed by atoms with Crippen LogP contribution in [0.3, 0.4) is 0 Å². The van der Waals surface area contributed by atoms with Crippen LogP contribution in [0.25, 0.3) is 0 Å². The van der Waals surface area contributed by atoms with Gasteiger partial charge in [-0.05, 0) is 43.0 Å². The SMILES string of the molecule is O=C(c1cnc(C#Cc2ccc(F)cc2)s1)N1CCCC1. The van der Waals surface area contributed by atoms with Gasteiger partial charge in [-0.1, -0.05) is 5.92 Å². The molecule has 0 spiro atoms. The number of hydrogen-bond donors (Lipinski definition) is 0. The summed E-state index contributed by atoms with van der Waals surface area (Å²) < 4.78 is 12.8. The molecular weight excluding hydrogens is 287 g/mol. The number of rotatable bonds is 1. The van der Waals surface area contributed by atoms with Crippen LogP contribution in [0.1, 0.15) is 33.1 Å². The maximum atomic E-state index is 12.8. The van der Waals surface area contributed by atoms with Crippen LogP contribution in [0.2, 0.25) is 0 Å². The minimum Gasteiger partial charge on any atom is -0.338 e. The van der Waals surface area contributed by atoms with Crippen LogP contribution < -0.4 is 0 Å². The molecule has 0 saturated carbocycles. The molecule has 21 heavy (non-hydrogen) atoms. The molecule has 5 heteroatoms. The summed E-state index contributed by atoms with van der Waals surface area (Å²) in [4.78, 5) is 18.8. The second-order valence-corrected chi connectivity index (χ2v) is 5.82. The Morgan fingerprint density at radius 1 is 1.19 bits per heavy atom. The molecule has 0 unspecified atom stereocenters. The van der Waals surface area contributed by atoms with Gasteiger partial charge < -0.3 is 4.90 Å². The summed E-state index contributed by atoms with van der Waals surface area (Å²) in [6, 6.07) is 5.97. The van der Waals surface area contributed by atoms with E-state index in [0.717, 1.165) is 31.5 Å². The highest BCUT2D eigenvalue weighted by atomic mass is 32.1. The molecule has 1 saturated heterocycles. The van der Waals surface area contributed by atoms with Gasteiger partial charge in [-0.2, -0.15) is 0 Å². The van der Waals surface area contributed by atoms with E-state index in [2.05, 4.69) is 16.8 Å². The Kier molecular flexibility index (Phi) is 3.98. The monoisotopic (exact) mass is 300 g/mol. The summed E-state index contributed by atoms with van der Waals surface area (Å²) in [5.41, 5.74) is 0.721. The van der Waals surface area contributed by atoms with Crippen molar-refractivity contribution in [3.05, 3.63) is 51.7 Å². The molecule has 1 aromatic heterocycles. The van der Waals surface area contributed by atoms with Gasteiger partial charge in [0, 0.05) is 18.7 Å². The second-order valence-electron chi connectivity index (χ2n) is 4.79. The minimum atomic E-state index is -0.284. The van der Waals surface area contributed by atoms with Gasteiger partial charge in [0.05, 0.1) is 6.20 Å². The molecule has 0 aliphatic carbocycles. The lowest BCUT2D eigenvalue weighted by Crippen LogP contribution is -2.26. The second kappa shape index (κ2) is 6.06. The van der Waals surface area contributed by atoms with E-state index in [0.29, 0.717) is 9.88 Å². The highest BCUT2D eigenvalue weighted by Crippen LogP contribution is 2.18. The van der Waals surface area contributed by atoms with Crippen molar-refractivity contribution in [1.82, 2.24) is 9.88 Å². The molecule has 1 amide bonds. The van der Waals surface area contributed by atoms with Crippen molar-refractivity contribution in [3.63, 3.8) is 0 Å². The van der Waals surface area contributed by atoms with Gasteiger partial charge in [0.25, 0.3) is 5.91 Å². The van der Waals surface area contributed by atoms with E-state index in [1.807, 2.05) is 4.90 Å². The smallest absolute Gasteiger partial charge is 0.265 e. The molecule has 0 N–H and O–H groups in total. The number of halogens is 1. The molecule has 1 fully saturated rings. The third-order valence-electron chi connectivity index (χ3n) is 3.27. The minimum absolute atomic E-state index is 0.0415. The van der Waals surface area contributed by atoms with Gasteiger partial charge in [0.15, 0.2) is 5.01 Å². The van der Waals surface area contributed by atoms with Crippen molar-refractivity contribution in [2.24, 2.45) is 0 Å². The molecule has 2 aromatic rings. The molecular formula is C16H13FN2OS. The van der Waals surface area contributed by atoms with Crippen molar-refractivity contribution in [2.75, 3.05) is 13.1 Å². The molecule has 0 atom stereocenters. The van der Waals surface area contributed by atoms with Crippen molar-refractivity contribution in [1.29, 1.82) is 0 Å².